The lowest BCUT2D eigenvalue weighted by molar-refractivity contribution is -0.137. The van der Waals surface area contributed by atoms with Gasteiger partial charge in [0.15, 0.2) is 23.0 Å². The number of halogens is 5. The maximum atomic E-state index is 13.6. The number of piperidine rings is 1. The van der Waals surface area contributed by atoms with Crippen LogP contribution < -0.4 is 33.3 Å². The molecule has 1 fully saturated rings. The largest absolute Gasteiger partial charge is 0.493 e. The Morgan fingerprint density at radius 3 is 1.68 bits per heavy atom. The van der Waals surface area contributed by atoms with Crippen LogP contribution in [0.2, 0.25) is 0 Å². The third-order valence-corrected chi connectivity index (χ3v) is 9.99. The number of hydrogen-bond acceptors (Lipinski definition) is 9. The second-order valence-electron chi connectivity index (χ2n) is 13.3. The number of likely N-dealkylation sites (tertiary alicyclic amines) is 1. The first kappa shape index (κ1) is 44.7. The van der Waals surface area contributed by atoms with Crippen molar-refractivity contribution in [2.45, 2.75) is 38.1 Å². The van der Waals surface area contributed by atoms with E-state index in [2.05, 4.69) is 33.0 Å². The molecule has 0 bridgehead atoms. The smallest absolute Gasteiger partial charge is 0.416 e. The van der Waals surface area contributed by atoms with Crippen molar-refractivity contribution >= 4 is 30.5 Å². The van der Waals surface area contributed by atoms with Gasteiger partial charge >= 0.3 is 6.18 Å². The number of nitrogens with zero attached hydrogens (tertiary/aromatic N) is 3. The van der Waals surface area contributed by atoms with E-state index in [0.29, 0.717) is 46.7 Å². The van der Waals surface area contributed by atoms with Crippen molar-refractivity contribution in [3.8, 4) is 56.9 Å². The Morgan fingerprint density at radius 1 is 0.632 bits per heavy atom. The molecule has 0 saturated carbocycles. The lowest BCUT2D eigenvalue weighted by Gasteiger charge is -2.40. The first-order valence-electron chi connectivity index (χ1n) is 17.9. The minimum absolute atomic E-state index is 0. The van der Waals surface area contributed by atoms with Gasteiger partial charge in [0.05, 0.1) is 53.9 Å². The number of ether oxygens (including phenoxy) is 6. The number of aromatic nitrogens is 1. The van der Waals surface area contributed by atoms with Gasteiger partial charge in [-0.2, -0.15) is 13.2 Å². The lowest BCUT2D eigenvalue weighted by Crippen LogP contribution is -2.44. The summed E-state index contributed by atoms with van der Waals surface area (Å²) in [5, 5.41) is 0. The van der Waals surface area contributed by atoms with Crippen molar-refractivity contribution in [2.75, 3.05) is 60.6 Å². The van der Waals surface area contributed by atoms with Crippen molar-refractivity contribution in [3.05, 3.63) is 108 Å². The molecule has 57 heavy (non-hydrogen) atoms. The molecule has 9 nitrogen and oxygen atoms in total. The molecule has 6 rings (SSSR count). The van der Waals surface area contributed by atoms with Gasteiger partial charge in [0.2, 0.25) is 11.5 Å². The first-order valence-corrected chi connectivity index (χ1v) is 17.9. The van der Waals surface area contributed by atoms with E-state index in [0.717, 1.165) is 72.5 Å². The average Bonchev–Trinajstić information content (AvgIpc) is 3.21. The molecule has 1 aromatic heterocycles. The third-order valence-electron chi connectivity index (χ3n) is 9.99. The van der Waals surface area contributed by atoms with Crippen molar-refractivity contribution in [2.24, 2.45) is 0 Å². The Labute approximate surface area is 344 Å². The number of pyridine rings is 1. The number of benzene rings is 4. The fourth-order valence-corrected chi connectivity index (χ4v) is 7.17. The lowest BCUT2D eigenvalue weighted by atomic mass is 9.99. The molecule has 0 atom stereocenters. The van der Waals surface area contributed by atoms with Crippen molar-refractivity contribution < 1.29 is 41.6 Å². The average molecular weight is 831 g/mol. The molecule has 1 saturated heterocycles. The summed E-state index contributed by atoms with van der Waals surface area (Å²) in [5.74, 6) is 3.22. The molecule has 1 aliphatic rings. The zero-order valence-electron chi connectivity index (χ0n) is 32.7. The van der Waals surface area contributed by atoms with E-state index in [1.165, 1.54) is 5.56 Å². The van der Waals surface area contributed by atoms with Gasteiger partial charge in [0, 0.05) is 49.7 Å². The minimum atomic E-state index is -4.42. The highest BCUT2D eigenvalue weighted by atomic mass is 35.5. The van der Waals surface area contributed by atoms with Crippen LogP contribution in [-0.2, 0) is 19.3 Å². The topological polar surface area (TPSA) is 74.8 Å². The normalized spacial score (nSPS) is 13.1. The maximum absolute atomic E-state index is 13.6. The van der Waals surface area contributed by atoms with E-state index in [1.807, 2.05) is 42.5 Å². The van der Waals surface area contributed by atoms with Crippen LogP contribution in [0.5, 0.6) is 34.5 Å². The predicted molar refractivity (Wildman–Crippen MR) is 221 cm³/mol. The van der Waals surface area contributed by atoms with Gasteiger partial charge in [-0.15, -0.1) is 24.8 Å². The maximum Gasteiger partial charge on any atom is 0.416 e. The molecule has 0 unspecified atom stereocenters. The Kier molecular flexibility index (Phi) is 15.6. The molecule has 5 aromatic rings. The second kappa shape index (κ2) is 19.9. The number of rotatable bonds is 14. The number of alkyl halides is 3. The van der Waals surface area contributed by atoms with Gasteiger partial charge in [-0.05, 0) is 102 Å². The van der Waals surface area contributed by atoms with Gasteiger partial charge in [-0.1, -0.05) is 18.2 Å². The SMILES string of the molecule is COc1cc(-c2cccc(CN3CCC(N(Cc4ccnc(-c5cc(OC)c(OC)c(OC)c5)c4)c4ccc(C(F)(F)F)cc4)CC3)c2)cc(OC)c1OC.Cl.Cl. The van der Waals surface area contributed by atoms with Crippen molar-refractivity contribution in [1.29, 1.82) is 0 Å². The quantitative estimate of drug-likeness (QED) is 0.109. The summed E-state index contributed by atoms with van der Waals surface area (Å²) in [6.45, 7) is 2.88. The Bertz CT molecular complexity index is 2030. The minimum Gasteiger partial charge on any atom is -0.493 e. The van der Waals surface area contributed by atoms with E-state index < -0.39 is 11.7 Å². The molecule has 0 radical (unpaired) electrons. The fourth-order valence-electron chi connectivity index (χ4n) is 7.17. The molecular formula is C43H48Cl2F3N3O6. The zero-order chi connectivity index (χ0) is 39.1. The van der Waals surface area contributed by atoms with Crippen LogP contribution in [0, 0.1) is 0 Å². The molecule has 0 amide bonds. The summed E-state index contributed by atoms with van der Waals surface area (Å²) in [5.41, 5.74) is 5.65. The van der Waals surface area contributed by atoms with Crippen molar-refractivity contribution in [1.82, 2.24) is 9.88 Å². The van der Waals surface area contributed by atoms with Gasteiger partial charge < -0.3 is 33.3 Å². The number of hydrogen-bond donors (Lipinski definition) is 0. The van der Waals surface area contributed by atoms with Crippen LogP contribution in [0.1, 0.15) is 29.5 Å². The molecule has 14 heteroatoms. The number of anilines is 1. The molecule has 306 valence electrons. The zero-order valence-corrected chi connectivity index (χ0v) is 34.4. The second-order valence-corrected chi connectivity index (χ2v) is 13.3. The van der Waals surface area contributed by atoms with Crippen LogP contribution in [-0.4, -0.2) is 71.7 Å². The molecule has 4 aromatic carbocycles. The predicted octanol–water partition coefficient (Wildman–Crippen LogP) is 10.0. The van der Waals surface area contributed by atoms with Crippen LogP contribution >= 0.6 is 24.8 Å². The van der Waals surface area contributed by atoms with Gasteiger partial charge in [-0.3, -0.25) is 9.88 Å². The van der Waals surface area contributed by atoms with Crippen LogP contribution in [0.25, 0.3) is 22.4 Å². The first-order chi connectivity index (χ1) is 26.6. The van der Waals surface area contributed by atoms with Crippen LogP contribution in [0.3, 0.4) is 0 Å². The summed E-state index contributed by atoms with van der Waals surface area (Å²) in [7, 11) is 9.47. The van der Waals surface area contributed by atoms with E-state index in [1.54, 1.807) is 61.0 Å². The highest BCUT2D eigenvalue weighted by Gasteiger charge is 2.31. The molecule has 0 aliphatic carbocycles. The summed E-state index contributed by atoms with van der Waals surface area (Å²) in [6, 6.07) is 25.5. The van der Waals surface area contributed by atoms with Crippen LogP contribution in [0.4, 0.5) is 18.9 Å². The highest BCUT2D eigenvalue weighted by molar-refractivity contribution is 5.85. The molecule has 2 heterocycles. The summed E-state index contributed by atoms with van der Waals surface area (Å²) >= 11 is 0. The molecule has 0 spiro atoms. The highest BCUT2D eigenvalue weighted by Crippen LogP contribution is 2.43. The summed E-state index contributed by atoms with van der Waals surface area (Å²) < 4.78 is 74.0. The monoisotopic (exact) mass is 829 g/mol. The Hall–Kier alpha value is -5.04. The standard InChI is InChI=1S/C43H46F3N3O6.2ClH/c1-50-37-22-31(23-38(51-2)41(37)54-5)30-9-7-8-28(20-30)26-48-18-15-35(16-19-48)49(34-12-10-33(11-13-34)43(44,45)46)27-29-14-17-47-36(21-29)32-24-39(52-3)42(55-6)40(25-32)53-4;;/h7-14,17,20-25,35H,15-16,18-19,26-27H2,1-6H3;2*1H. The third kappa shape index (κ3) is 10.3. The summed E-state index contributed by atoms with van der Waals surface area (Å²) in [4.78, 5) is 9.27. The van der Waals surface area contributed by atoms with Gasteiger partial charge in [-0.25, -0.2) is 0 Å². The van der Waals surface area contributed by atoms with E-state index in [4.69, 9.17) is 28.4 Å². The Balaban J connectivity index is 0.00000360. The fraction of sp³-hybridized carbons (Fsp3) is 0.326. The molecular weight excluding hydrogens is 782 g/mol. The van der Waals surface area contributed by atoms with E-state index in [9.17, 15) is 13.2 Å². The molecule has 0 N–H and O–H groups in total. The van der Waals surface area contributed by atoms with E-state index in [-0.39, 0.29) is 30.9 Å². The Morgan fingerprint density at radius 2 is 1.18 bits per heavy atom. The van der Waals surface area contributed by atoms with Crippen molar-refractivity contribution in [3.63, 3.8) is 0 Å². The molecule has 1 aliphatic heterocycles. The summed E-state index contributed by atoms with van der Waals surface area (Å²) in [6.07, 6.45) is -1.01. The van der Waals surface area contributed by atoms with Gasteiger partial charge in [0.1, 0.15) is 0 Å². The van der Waals surface area contributed by atoms with E-state index >= 15 is 0 Å². The number of methoxy groups -OCH3 is 6. The van der Waals surface area contributed by atoms with Gasteiger partial charge in [0.25, 0.3) is 0 Å². The van der Waals surface area contributed by atoms with Crippen LogP contribution in [0.15, 0.2) is 91.1 Å².